The standard InChI is InChI=1S/C15H21F3N6O/c1-9-6-12(23-5-4-22(7-10(23)2)8-11(3)25)24-14(19-9)20-13(21-24)15(16,17)18/h6,10-11,25H,4-5,7-8H2,1-3H3. The summed E-state index contributed by atoms with van der Waals surface area (Å²) < 4.78 is 40.0. The Bertz CT molecular complexity index is 760. The van der Waals surface area contributed by atoms with Crippen molar-refractivity contribution in [2.24, 2.45) is 0 Å². The molecule has 7 nitrogen and oxygen atoms in total. The van der Waals surface area contributed by atoms with Gasteiger partial charge in [0, 0.05) is 44.0 Å². The minimum Gasteiger partial charge on any atom is -0.392 e. The van der Waals surface area contributed by atoms with E-state index >= 15 is 0 Å². The Kier molecular flexibility index (Phi) is 4.58. The zero-order valence-electron chi connectivity index (χ0n) is 14.3. The van der Waals surface area contributed by atoms with E-state index in [9.17, 15) is 18.3 Å². The molecule has 0 aromatic carbocycles. The van der Waals surface area contributed by atoms with Gasteiger partial charge < -0.3 is 10.0 Å². The first-order chi connectivity index (χ1) is 11.6. The quantitative estimate of drug-likeness (QED) is 0.893. The van der Waals surface area contributed by atoms with Crippen LogP contribution >= 0.6 is 0 Å². The number of alkyl halides is 3. The summed E-state index contributed by atoms with van der Waals surface area (Å²) in [6.07, 6.45) is -5.03. The number of nitrogens with zero attached hydrogens (tertiary/aromatic N) is 6. The molecule has 1 aliphatic heterocycles. The Morgan fingerprint density at radius 3 is 2.64 bits per heavy atom. The minimum absolute atomic E-state index is 0.0519. The Balaban J connectivity index is 1.94. The predicted octanol–water partition coefficient (Wildman–Crippen LogP) is 1.34. The molecule has 10 heteroatoms. The highest BCUT2D eigenvalue weighted by Crippen LogP contribution is 2.28. The molecular formula is C15H21F3N6O. The lowest BCUT2D eigenvalue weighted by Gasteiger charge is -2.41. The van der Waals surface area contributed by atoms with E-state index in [1.807, 2.05) is 11.8 Å². The number of fused-ring (bicyclic) bond motifs is 1. The smallest absolute Gasteiger partial charge is 0.392 e. The number of hydrogen-bond acceptors (Lipinski definition) is 6. The Labute approximate surface area is 143 Å². The van der Waals surface area contributed by atoms with E-state index in [0.29, 0.717) is 37.7 Å². The third-order valence-electron chi connectivity index (χ3n) is 4.20. The third-order valence-corrected chi connectivity index (χ3v) is 4.20. The second-order valence-electron chi connectivity index (χ2n) is 6.55. The monoisotopic (exact) mass is 358 g/mol. The van der Waals surface area contributed by atoms with Crippen molar-refractivity contribution in [1.82, 2.24) is 24.5 Å². The molecule has 1 saturated heterocycles. The van der Waals surface area contributed by atoms with Crippen molar-refractivity contribution in [3.05, 3.63) is 17.6 Å². The highest BCUT2D eigenvalue weighted by atomic mass is 19.4. The van der Waals surface area contributed by atoms with Crippen LogP contribution in [0.4, 0.5) is 19.0 Å². The normalized spacial score (nSPS) is 21.1. The van der Waals surface area contributed by atoms with E-state index in [-0.39, 0.29) is 11.8 Å². The highest BCUT2D eigenvalue weighted by molar-refractivity contribution is 5.49. The number of anilines is 1. The van der Waals surface area contributed by atoms with E-state index in [0.717, 1.165) is 4.52 Å². The van der Waals surface area contributed by atoms with Gasteiger partial charge in [0.05, 0.1) is 6.10 Å². The van der Waals surface area contributed by atoms with Crippen molar-refractivity contribution in [1.29, 1.82) is 0 Å². The Hall–Kier alpha value is -1.94. The maximum atomic E-state index is 12.9. The maximum absolute atomic E-state index is 12.9. The third kappa shape index (κ3) is 3.69. The molecule has 2 aromatic rings. The molecule has 1 N–H and O–H groups in total. The molecule has 0 spiro atoms. The molecule has 3 rings (SSSR count). The topological polar surface area (TPSA) is 69.8 Å². The van der Waals surface area contributed by atoms with Crippen molar-refractivity contribution in [2.75, 3.05) is 31.1 Å². The first-order valence-corrected chi connectivity index (χ1v) is 8.14. The summed E-state index contributed by atoms with van der Waals surface area (Å²) in [5.41, 5.74) is 0.585. The summed E-state index contributed by atoms with van der Waals surface area (Å²) in [5.74, 6) is -0.692. The van der Waals surface area contributed by atoms with Crippen LogP contribution in [0.3, 0.4) is 0 Å². The lowest BCUT2D eigenvalue weighted by atomic mass is 10.1. The largest absolute Gasteiger partial charge is 0.453 e. The van der Waals surface area contributed by atoms with E-state index < -0.39 is 18.1 Å². The van der Waals surface area contributed by atoms with Crippen LogP contribution in [0.1, 0.15) is 25.4 Å². The number of β-amino-alcohol motifs (C(OH)–C–C–N with tert-alkyl or cyclic N) is 1. The van der Waals surface area contributed by atoms with Crippen molar-refractivity contribution >= 4 is 11.6 Å². The number of piperazine rings is 1. The average Bonchev–Trinajstić information content (AvgIpc) is 2.90. The fourth-order valence-corrected chi connectivity index (χ4v) is 3.21. The lowest BCUT2D eigenvalue weighted by Crippen LogP contribution is -2.53. The average molecular weight is 358 g/mol. The zero-order chi connectivity index (χ0) is 18.4. The number of hydrogen-bond donors (Lipinski definition) is 1. The summed E-state index contributed by atoms with van der Waals surface area (Å²) >= 11 is 0. The van der Waals surface area contributed by atoms with Crippen LogP contribution in [0, 0.1) is 6.92 Å². The molecule has 1 fully saturated rings. The summed E-state index contributed by atoms with van der Waals surface area (Å²) in [4.78, 5) is 11.7. The minimum atomic E-state index is -4.61. The van der Waals surface area contributed by atoms with Gasteiger partial charge in [0.2, 0.25) is 0 Å². The van der Waals surface area contributed by atoms with Crippen LogP contribution < -0.4 is 4.90 Å². The molecule has 0 aliphatic carbocycles. The molecule has 2 atom stereocenters. The summed E-state index contributed by atoms with van der Waals surface area (Å²) in [6, 6.07) is 1.78. The van der Waals surface area contributed by atoms with Crippen LogP contribution in [-0.2, 0) is 6.18 Å². The van der Waals surface area contributed by atoms with Gasteiger partial charge in [-0.05, 0) is 20.8 Å². The van der Waals surface area contributed by atoms with Crippen molar-refractivity contribution in [2.45, 2.75) is 39.1 Å². The molecule has 138 valence electrons. The molecule has 0 radical (unpaired) electrons. The highest BCUT2D eigenvalue weighted by Gasteiger charge is 2.37. The molecule has 2 unspecified atom stereocenters. The molecule has 0 bridgehead atoms. The number of aliphatic hydroxyl groups is 1. The first kappa shape index (κ1) is 17.9. The maximum Gasteiger partial charge on any atom is 0.453 e. The number of halogens is 3. The molecule has 3 heterocycles. The van der Waals surface area contributed by atoms with Crippen LogP contribution in [0.2, 0.25) is 0 Å². The van der Waals surface area contributed by atoms with Gasteiger partial charge in [-0.15, -0.1) is 5.10 Å². The van der Waals surface area contributed by atoms with Crippen LogP contribution in [0.25, 0.3) is 5.78 Å². The van der Waals surface area contributed by atoms with Crippen LogP contribution in [-0.4, -0.2) is 67.9 Å². The summed E-state index contributed by atoms with van der Waals surface area (Å²) in [6.45, 7) is 8.06. The number of aromatic nitrogens is 4. The van der Waals surface area contributed by atoms with E-state index in [1.54, 1.807) is 19.9 Å². The SMILES string of the molecule is Cc1cc(N2CCN(CC(C)O)CC2C)n2nc(C(F)(F)F)nc2n1. The van der Waals surface area contributed by atoms with Gasteiger partial charge in [-0.25, -0.2) is 4.98 Å². The van der Waals surface area contributed by atoms with Crippen molar-refractivity contribution in [3.63, 3.8) is 0 Å². The van der Waals surface area contributed by atoms with Gasteiger partial charge in [0.25, 0.3) is 11.6 Å². The Morgan fingerprint density at radius 1 is 1.32 bits per heavy atom. The molecule has 1 aliphatic rings. The summed E-state index contributed by atoms with van der Waals surface area (Å²) in [5, 5.41) is 13.2. The molecule has 0 amide bonds. The van der Waals surface area contributed by atoms with E-state index in [2.05, 4.69) is 20.0 Å². The fourth-order valence-electron chi connectivity index (χ4n) is 3.21. The van der Waals surface area contributed by atoms with E-state index in [1.165, 1.54) is 0 Å². The molecule has 25 heavy (non-hydrogen) atoms. The van der Waals surface area contributed by atoms with Gasteiger partial charge >= 0.3 is 6.18 Å². The number of aryl methyl sites for hydroxylation is 1. The van der Waals surface area contributed by atoms with Gasteiger partial charge in [-0.3, -0.25) is 4.90 Å². The van der Waals surface area contributed by atoms with Gasteiger partial charge in [0.1, 0.15) is 5.82 Å². The van der Waals surface area contributed by atoms with Crippen LogP contribution in [0.5, 0.6) is 0 Å². The fraction of sp³-hybridized carbons (Fsp3) is 0.667. The van der Waals surface area contributed by atoms with E-state index in [4.69, 9.17) is 0 Å². The second-order valence-corrected chi connectivity index (χ2v) is 6.55. The summed E-state index contributed by atoms with van der Waals surface area (Å²) in [7, 11) is 0. The first-order valence-electron chi connectivity index (χ1n) is 8.14. The van der Waals surface area contributed by atoms with Gasteiger partial charge in [0.15, 0.2) is 0 Å². The molecule has 2 aromatic heterocycles. The Morgan fingerprint density at radius 2 is 2.04 bits per heavy atom. The second kappa shape index (κ2) is 6.41. The number of aliphatic hydroxyl groups excluding tert-OH is 1. The molecular weight excluding hydrogens is 337 g/mol. The zero-order valence-corrected chi connectivity index (χ0v) is 14.3. The van der Waals surface area contributed by atoms with Crippen molar-refractivity contribution in [3.8, 4) is 0 Å². The van der Waals surface area contributed by atoms with Crippen LogP contribution in [0.15, 0.2) is 6.07 Å². The van der Waals surface area contributed by atoms with Gasteiger partial charge in [-0.2, -0.15) is 22.7 Å². The van der Waals surface area contributed by atoms with Gasteiger partial charge in [-0.1, -0.05) is 0 Å². The molecule has 0 saturated carbocycles. The van der Waals surface area contributed by atoms with Crippen molar-refractivity contribution < 1.29 is 18.3 Å². The number of rotatable bonds is 3. The lowest BCUT2D eigenvalue weighted by molar-refractivity contribution is -0.144. The predicted molar refractivity (Wildman–Crippen MR) is 85.4 cm³/mol.